The van der Waals surface area contributed by atoms with Crippen LogP contribution in [0.3, 0.4) is 0 Å². The van der Waals surface area contributed by atoms with Gasteiger partial charge in [0.05, 0.1) is 6.54 Å². The van der Waals surface area contributed by atoms with Gasteiger partial charge in [-0.2, -0.15) is 0 Å². The topological polar surface area (TPSA) is 33.3 Å². The van der Waals surface area contributed by atoms with Crippen molar-refractivity contribution in [3.05, 3.63) is 58.6 Å². The smallest absolute Gasteiger partial charge is 0.170 e. The predicted octanol–water partition coefficient (Wildman–Crippen LogP) is 4.32. The van der Waals surface area contributed by atoms with E-state index >= 15 is 0 Å². The van der Waals surface area contributed by atoms with Crippen LogP contribution in [0.15, 0.2) is 42.5 Å². The van der Waals surface area contributed by atoms with E-state index in [2.05, 4.69) is 30.5 Å². The van der Waals surface area contributed by atoms with Crippen LogP contribution < -0.4 is 15.4 Å². The Bertz CT molecular complexity index is 623. The van der Waals surface area contributed by atoms with Crippen molar-refractivity contribution < 1.29 is 4.74 Å². The molecule has 0 amide bonds. The fourth-order valence-electron chi connectivity index (χ4n) is 2.06. The number of anilines is 1. The third-order valence-electron chi connectivity index (χ3n) is 2.95. The second-order valence-electron chi connectivity index (χ2n) is 5.06. The summed E-state index contributed by atoms with van der Waals surface area (Å²) in [5.74, 6) is 0.885. The van der Waals surface area contributed by atoms with Crippen molar-refractivity contribution >= 4 is 34.6 Å². The molecule has 116 valence electrons. The van der Waals surface area contributed by atoms with Crippen LogP contribution in [-0.2, 0) is 0 Å². The Hall–Kier alpha value is -1.78. The molecule has 0 saturated heterocycles. The Morgan fingerprint density at radius 3 is 2.36 bits per heavy atom. The van der Waals surface area contributed by atoms with Crippen molar-refractivity contribution in [1.29, 1.82) is 0 Å². The lowest BCUT2D eigenvalue weighted by atomic mass is 10.1. The summed E-state index contributed by atoms with van der Waals surface area (Å²) in [6.07, 6.45) is 0. The zero-order valence-electron chi connectivity index (χ0n) is 12.7. The maximum atomic E-state index is 5.84. The first-order valence-corrected chi connectivity index (χ1v) is 7.83. The van der Waals surface area contributed by atoms with E-state index < -0.39 is 0 Å². The molecule has 0 unspecified atom stereocenters. The SMILES string of the molecule is Cc1cc(C)cc(OCCNC(=S)Nc2ccc(Cl)cc2)c1. The molecule has 0 radical (unpaired) electrons. The number of aryl methyl sites for hydroxylation is 2. The summed E-state index contributed by atoms with van der Waals surface area (Å²) in [4.78, 5) is 0. The molecule has 2 rings (SSSR count). The van der Waals surface area contributed by atoms with Crippen molar-refractivity contribution in [3.8, 4) is 5.75 Å². The predicted molar refractivity (Wildman–Crippen MR) is 97.1 cm³/mol. The maximum absolute atomic E-state index is 5.84. The first kappa shape index (κ1) is 16.6. The molecule has 0 aliphatic heterocycles. The molecule has 0 spiro atoms. The lowest BCUT2D eigenvalue weighted by molar-refractivity contribution is 0.322. The highest BCUT2D eigenvalue weighted by atomic mass is 35.5. The van der Waals surface area contributed by atoms with Gasteiger partial charge in [0.1, 0.15) is 12.4 Å². The van der Waals surface area contributed by atoms with E-state index in [9.17, 15) is 0 Å². The van der Waals surface area contributed by atoms with Gasteiger partial charge in [0.15, 0.2) is 5.11 Å². The first-order chi connectivity index (χ1) is 10.5. The molecule has 0 bridgehead atoms. The van der Waals surface area contributed by atoms with E-state index in [1.54, 1.807) is 0 Å². The third kappa shape index (κ3) is 5.54. The van der Waals surface area contributed by atoms with Gasteiger partial charge in [0.25, 0.3) is 0 Å². The zero-order valence-corrected chi connectivity index (χ0v) is 14.2. The van der Waals surface area contributed by atoms with Gasteiger partial charge in [0, 0.05) is 10.7 Å². The van der Waals surface area contributed by atoms with Crippen LogP contribution in [0.5, 0.6) is 5.75 Å². The molecule has 2 N–H and O–H groups in total. The Morgan fingerprint density at radius 1 is 1.09 bits per heavy atom. The Morgan fingerprint density at radius 2 is 1.73 bits per heavy atom. The Balaban J connectivity index is 1.71. The van der Waals surface area contributed by atoms with E-state index in [4.69, 9.17) is 28.6 Å². The lowest BCUT2D eigenvalue weighted by Gasteiger charge is -2.12. The molecule has 3 nitrogen and oxygen atoms in total. The minimum atomic E-state index is 0.547. The summed E-state index contributed by atoms with van der Waals surface area (Å²) in [6.45, 7) is 5.30. The number of nitrogens with one attached hydrogen (secondary N) is 2. The highest BCUT2D eigenvalue weighted by Crippen LogP contribution is 2.16. The zero-order chi connectivity index (χ0) is 15.9. The highest BCUT2D eigenvalue weighted by molar-refractivity contribution is 7.80. The minimum Gasteiger partial charge on any atom is -0.492 e. The number of hydrogen-bond acceptors (Lipinski definition) is 2. The molecule has 0 heterocycles. The van der Waals surface area contributed by atoms with Crippen LogP contribution in [0.2, 0.25) is 5.02 Å². The molecule has 0 aliphatic carbocycles. The number of hydrogen-bond donors (Lipinski definition) is 2. The van der Waals surface area contributed by atoms with Crippen LogP contribution in [0.4, 0.5) is 5.69 Å². The summed E-state index contributed by atoms with van der Waals surface area (Å²) in [6, 6.07) is 13.6. The van der Waals surface area contributed by atoms with Crippen molar-refractivity contribution in [1.82, 2.24) is 5.32 Å². The molecule has 22 heavy (non-hydrogen) atoms. The number of thiocarbonyl (C=S) groups is 1. The van der Waals surface area contributed by atoms with Crippen molar-refractivity contribution in [2.75, 3.05) is 18.5 Å². The average Bonchev–Trinajstić information content (AvgIpc) is 2.45. The normalized spacial score (nSPS) is 10.1. The van der Waals surface area contributed by atoms with Gasteiger partial charge >= 0.3 is 0 Å². The quantitative estimate of drug-likeness (QED) is 0.630. The van der Waals surface area contributed by atoms with Gasteiger partial charge in [-0.05, 0) is 73.6 Å². The number of halogens is 1. The summed E-state index contributed by atoms with van der Waals surface area (Å²) in [7, 11) is 0. The van der Waals surface area contributed by atoms with Crippen molar-refractivity contribution in [2.24, 2.45) is 0 Å². The fourth-order valence-corrected chi connectivity index (χ4v) is 2.40. The van der Waals surface area contributed by atoms with E-state index in [1.165, 1.54) is 11.1 Å². The maximum Gasteiger partial charge on any atom is 0.170 e. The summed E-state index contributed by atoms with van der Waals surface area (Å²) in [5.41, 5.74) is 3.29. The summed E-state index contributed by atoms with van der Waals surface area (Å²) in [5, 5.41) is 7.46. The molecular weight excluding hydrogens is 316 g/mol. The summed E-state index contributed by atoms with van der Waals surface area (Å²) >= 11 is 11.1. The molecule has 5 heteroatoms. The van der Waals surface area contributed by atoms with Gasteiger partial charge in [-0.3, -0.25) is 0 Å². The van der Waals surface area contributed by atoms with Crippen LogP contribution in [0.1, 0.15) is 11.1 Å². The Kier molecular flexibility index (Phi) is 6.04. The van der Waals surface area contributed by atoms with Gasteiger partial charge in [0.2, 0.25) is 0 Å². The molecule has 0 fully saturated rings. The highest BCUT2D eigenvalue weighted by Gasteiger charge is 1.99. The second kappa shape index (κ2) is 8.01. The number of rotatable bonds is 5. The minimum absolute atomic E-state index is 0.547. The van der Waals surface area contributed by atoms with E-state index in [-0.39, 0.29) is 0 Å². The third-order valence-corrected chi connectivity index (χ3v) is 3.45. The van der Waals surface area contributed by atoms with Gasteiger partial charge in [-0.25, -0.2) is 0 Å². The molecule has 0 aromatic heterocycles. The molecule has 2 aromatic rings. The van der Waals surface area contributed by atoms with Gasteiger partial charge in [-0.15, -0.1) is 0 Å². The van der Waals surface area contributed by atoms with Gasteiger partial charge in [-0.1, -0.05) is 17.7 Å². The fraction of sp³-hybridized carbons (Fsp3) is 0.235. The van der Waals surface area contributed by atoms with E-state index in [0.29, 0.717) is 23.3 Å². The lowest BCUT2D eigenvalue weighted by Crippen LogP contribution is -2.31. The molecule has 0 atom stereocenters. The van der Waals surface area contributed by atoms with E-state index in [0.717, 1.165) is 11.4 Å². The number of benzene rings is 2. The molecule has 2 aromatic carbocycles. The average molecular weight is 335 g/mol. The second-order valence-corrected chi connectivity index (χ2v) is 5.90. The standard InChI is InChI=1S/C17H19ClN2OS/c1-12-9-13(2)11-16(10-12)21-8-7-19-17(22)20-15-5-3-14(18)4-6-15/h3-6,9-11H,7-8H2,1-2H3,(H2,19,20,22). The van der Waals surface area contributed by atoms with Crippen molar-refractivity contribution in [3.63, 3.8) is 0 Å². The summed E-state index contributed by atoms with van der Waals surface area (Å²) < 4.78 is 5.72. The molecular formula is C17H19ClN2OS. The van der Waals surface area contributed by atoms with E-state index in [1.807, 2.05) is 36.4 Å². The van der Waals surface area contributed by atoms with Crippen LogP contribution >= 0.6 is 23.8 Å². The van der Waals surface area contributed by atoms with Crippen molar-refractivity contribution in [2.45, 2.75) is 13.8 Å². The largest absolute Gasteiger partial charge is 0.492 e. The monoisotopic (exact) mass is 334 g/mol. The van der Waals surface area contributed by atoms with Crippen LogP contribution in [0.25, 0.3) is 0 Å². The van der Waals surface area contributed by atoms with Crippen LogP contribution in [0, 0.1) is 13.8 Å². The molecule has 0 aliphatic rings. The Labute approximate surface area is 141 Å². The number of ether oxygens (including phenoxy) is 1. The molecule has 0 saturated carbocycles. The first-order valence-electron chi connectivity index (χ1n) is 7.04. The van der Waals surface area contributed by atoms with Crippen LogP contribution in [-0.4, -0.2) is 18.3 Å². The van der Waals surface area contributed by atoms with Gasteiger partial charge < -0.3 is 15.4 Å².